The van der Waals surface area contributed by atoms with E-state index in [0.717, 1.165) is 0 Å². The number of benzene rings is 1. The predicted octanol–water partition coefficient (Wildman–Crippen LogP) is 2.55. The highest BCUT2D eigenvalue weighted by molar-refractivity contribution is 9.09. The molecule has 0 radical (unpaired) electrons. The molecule has 1 aromatic carbocycles. The summed E-state index contributed by atoms with van der Waals surface area (Å²) in [6.07, 6.45) is 0.566. The minimum absolute atomic E-state index is 0.0529. The Labute approximate surface area is 102 Å². The normalized spacial score (nSPS) is 9.94. The summed E-state index contributed by atoms with van der Waals surface area (Å²) in [5.74, 6) is 0.872. The first kappa shape index (κ1) is 12.8. The van der Waals surface area contributed by atoms with E-state index in [0.29, 0.717) is 28.8 Å². The highest BCUT2D eigenvalue weighted by atomic mass is 79.9. The molecule has 88 valence electrons. The fraction of sp³-hybridized carbons (Fsp3) is 0.400. The molecule has 1 aromatic rings. The second-order valence-electron chi connectivity index (χ2n) is 3.03. The monoisotopic (exact) mass is 289 g/mol. The van der Waals surface area contributed by atoms with E-state index in [4.69, 9.17) is 9.47 Å². The van der Waals surface area contributed by atoms with Gasteiger partial charge >= 0.3 is 0 Å². The second kappa shape index (κ2) is 5.69. The van der Waals surface area contributed by atoms with Crippen molar-refractivity contribution >= 4 is 21.6 Å². The molecule has 0 aliphatic heterocycles. The predicted molar refractivity (Wildman–Crippen MR) is 63.7 cm³/mol. The molecule has 0 atom stereocenters. The summed E-state index contributed by atoms with van der Waals surface area (Å²) in [5.41, 5.74) is 0.677. The van der Waals surface area contributed by atoms with Crippen molar-refractivity contribution in [1.82, 2.24) is 0 Å². The number of methoxy groups -OCH3 is 2. The Morgan fingerprint density at radius 3 is 2.31 bits per heavy atom. The van der Waals surface area contributed by atoms with Gasteiger partial charge < -0.3 is 9.47 Å². The number of ether oxygens (including phenoxy) is 2. The Hall–Kier alpha value is -1.30. The molecule has 0 saturated heterocycles. The van der Waals surface area contributed by atoms with E-state index in [-0.39, 0.29) is 5.69 Å². The summed E-state index contributed by atoms with van der Waals surface area (Å²) in [6.45, 7) is 0. The summed E-state index contributed by atoms with van der Waals surface area (Å²) in [6, 6.07) is 3.02. The van der Waals surface area contributed by atoms with Crippen LogP contribution in [0.3, 0.4) is 0 Å². The van der Waals surface area contributed by atoms with Crippen molar-refractivity contribution in [1.29, 1.82) is 0 Å². The van der Waals surface area contributed by atoms with Gasteiger partial charge in [0.2, 0.25) is 0 Å². The summed E-state index contributed by atoms with van der Waals surface area (Å²) in [7, 11) is 2.95. The van der Waals surface area contributed by atoms with Crippen LogP contribution in [0.5, 0.6) is 11.5 Å². The lowest BCUT2D eigenvalue weighted by Crippen LogP contribution is -1.99. The molecule has 16 heavy (non-hydrogen) atoms. The lowest BCUT2D eigenvalue weighted by molar-refractivity contribution is -0.385. The van der Waals surface area contributed by atoms with Gasteiger partial charge in [-0.1, -0.05) is 15.9 Å². The second-order valence-corrected chi connectivity index (χ2v) is 3.82. The molecule has 0 saturated carbocycles. The van der Waals surface area contributed by atoms with Gasteiger partial charge in [0.25, 0.3) is 5.69 Å². The minimum Gasteiger partial charge on any atom is -0.493 e. The standard InChI is InChI=1S/C10H12BrNO4/c1-15-9-5-7(3-4-11)8(12(13)14)6-10(9)16-2/h5-6H,3-4H2,1-2H3. The Bertz CT molecular complexity index is 395. The topological polar surface area (TPSA) is 61.6 Å². The van der Waals surface area contributed by atoms with E-state index < -0.39 is 4.92 Å². The molecule has 0 aromatic heterocycles. The van der Waals surface area contributed by atoms with E-state index in [9.17, 15) is 10.1 Å². The summed E-state index contributed by atoms with van der Waals surface area (Å²) in [5, 5.41) is 11.5. The molecule has 0 N–H and O–H groups in total. The number of halogens is 1. The lowest BCUT2D eigenvalue weighted by Gasteiger charge is -2.09. The zero-order valence-electron chi connectivity index (χ0n) is 9.03. The third kappa shape index (κ3) is 2.63. The van der Waals surface area contributed by atoms with Crippen LogP contribution in [0.25, 0.3) is 0 Å². The fourth-order valence-corrected chi connectivity index (χ4v) is 1.81. The number of aryl methyl sites for hydroxylation is 1. The van der Waals surface area contributed by atoms with Crippen LogP contribution in [0.15, 0.2) is 12.1 Å². The first-order valence-corrected chi connectivity index (χ1v) is 5.71. The molecule has 0 aliphatic carbocycles. The van der Waals surface area contributed by atoms with Gasteiger partial charge in [0.15, 0.2) is 11.5 Å². The van der Waals surface area contributed by atoms with Crippen LogP contribution in [0.4, 0.5) is 5.69 Å². The zero-order chi connectivity index (χ0) is 12.1. The van der Waals surface area contributed by atoms with Crippen LogP contribution in [-0.2, 0) is 6.42 Å². The van der Waals surface area contributed by atoms with Gasteiger partial charge in [-0.15, -0.1) is 0 Å². The van der Waals surface area contributed by atoms with Gasteiger partial charge in [0.05, 0.1) is 25.2 Å². The van der Waals surface area contributed by atoms with Crippen molar-refractivity contribution in [2.24, 2.45) is 0 Å². The highest BCUT2D eigenvalue weighted by Gasteiger charge is 2.18. The van der Waals surface area contributed by atoms with Gasteiger partial charge in [-0.2, -0.15) is 0 Å². The third-order valence-corrected chi connectivity index (χ3v) is 2.54. The Kier molecular flexibility index (Phi) is 4.54. The van der Waals surface area contributed by atoms with E-state index in [2.05, 4.69) is 15.9 Å². The van der Waals surface area contributed by atoms with Crippen LogP contribution < -0.4 is 9.47 Å². The van der Waals surface area contributed by atoms with Crippen molar-refractivity contribution in [2.45, 2.75) is 6.42 Å². The molecule has 6 heteroatoms. The molecular weight excluding hydrogens is 278 g/mol. The molecule has 0 aliphatic rings. The lowest BCUT2D eigenvalue weighted by atomic mass is 10.1. The number of nitrogens with zero attached hydrogens (tertiary/aromatic N) is 1. The van der Waals surface area contributed by atoms with Crippen LogP contribution in [0.1, 0.15) is 5.56 Å². The highest BCUT2D eigenvalue weighted by Crippen LogP contribution is 2.34. The van der Waals surface area contributed by atoms with E-state index in [1.807, 2.05) is 0 Å². The quantitative estimate of drug-likeness (QED) is 0.475. The van der Waals surface area contributed by atoms with Crippen molar-refractivity contribution in [2.75, 3.05) is 19.5 Å². The molecule has 0 amide bonds. The van der Waals surface area contributed by atoms with Gasteiger partial charge in [-0.25, -0.2) is 0 Å². The number of nitro benzene ring substituents is 1. The fourth-order valence-electron chi connectivity index (χ4n) is 1.38. The molecule has 0 spiro atoms. The largest absolute Gasteiger partial charge is 0.493 e. The van der Waals surface area contributed by atoms with Crippen molar-refractivity contribution < 1.29 is 14.4 Å². The Morgan fingerprint density at radius 1 is 1.31 bits per heavy atom. The van der Waals surface area contributed by atoms with Crippen molar-refractivity contribution in [3.63, 3.8) is 0 Å². The van der Waals surface area contributed by atoms with Crippen LogP contribution in [0, 0.1) is 10.1 Å². The smallest absolute Gasteiger partial charge is 0.276 e. The van der Waals surface area contributed by atoms with Crippen LogP contribution in [-0.4, -0.2) is 24.5 Å². The molecule has 0 unspecified atom stereocenters. The average Bonchev–Trinajstić information content (AvgIpc) is 2.28. The minimum atomic E-state index is -0.417. The third-order valence-electron chi connectivity index (χ3n) is 2.15. The van der Waals surface area contributed by atoms with E-state index in [1.54, 1.807) is 6.07 Å². The molecule has 0 bridgehead atoms. The molecular formula is C10H12BrNO4. The maximum Gasteiger partial charge on any atom is 0.276 e. The Balaban J connectivity index is 3.29. The van der Waals surface area contributed by atoms with Crippen LogP contribution in [0.2, 0.25) is 0 Å². The number of rotatable bonds is 5. The first-order chi connectivity index (χ1) is 7.63. The SMILES string of the molecule is COc1cc(CCBr)c([N+](=O)[O-])cc1OC. The summed E-state index contributed by atoms with van der Waals surface area (Å²) in [4.78, 5) is 10.4. The summed E-state index contributed by atoms with van der Waals surface area (Å²) >= 11 is 3.26. The van der Waals surface area contributed by atoms with Gasteiger partial charge in [0.1, 0.15) is 0 Å². The van der Waals surface area contributed by atoms with Gasteiger partial charge in [-0.05, 0) is 12.5 Å². The van der Waals surface area contributed by atoms with Crippen LogP contribution >= 0.6 is 15.9 Å². The van der Waals surface area contributed by atoms with Crippen molar-refractivity contribution in [3.8, 4) is 11.5 Å². The summed E-state index contributed by atoms with van der Waals surface area (Å²) < 4.78 is 10.1. The molecule has 5 nitrogen and oxygen atoms in total. The van der Waals surface area contributed by atoms with E-state index >= 15 is 0 Å². The number of hydrogen-bond donors (Lipinski definition) is 0. The first-order valence-electron chi connectivity index (χ1n) is 4.59. The van der Waals surface area contributed by atoms with Gasteiger partial charge in [0, 0.05) is 10.9 Å². The Morgan fingerprint density at radius 2 is 1.88 bits per heavy atom. The van der Waals surface area contributed by atoms with Gasteiger partial charge in [-0.3, -0.25) is 10.1 Å². The molecule has 1 rings (SSSR count). The maximum atomic E-state index is 10.9. The molecule has 0 fully saturated rings. The van der Waals surface area contributed by atoms with Crippen molar-refractivity contribution in [3.05, 3.63) is 27.8 Å². The number of nitro groups is 1. The number of alkyl halides is 1. The zero-order valence-corrected chi connectivity index (χ0v) is 10.6. The average molecular weight is 290 g/mol. The maximum absolute atomic E-state index is 10.9. The molecule has 0 heterocycles. The number of hydrogen-bond acceptors (Lipinski definition) is 4. The van der Waals surface area contributed by atoms with E-state index in [1.165, 1.54) is 20.3 Å².